The normalized spacial score (nSPS) is 37.6. The Kier molecular flexibility index (Phi) is 4.17. The number of aliphatic hydroxyl groups is 1. The van der Waals surface area contributed by atoms with E-state index >= 15 is 0 Å². The maximum atomic E-state index is 11.0. The van der Waals surface area contributed by atoms with Gasteiger partial charge in [0.25, 0.3) is 0 Å². The van der Waals surface area contributed by atoms with Crippen LogP contribution in [0, 0.1) is 19.8 Å². The van der Waals surface area contributed by atoms with Gasteiger partial charge in [0.2, 0.25) is 0 Å². The average Bonchev–Trinajstić information content (AvgIpc) is 3.22. The minimum absolute atomic E-state index is 0.0652. The second-order valence-electron chi connectivity index (χ2n) is 7.31. The van der Waals surface area contributed by atoms with Gasteiger partial charge in [-0.05, 0) is 45.2 Å². The van der Waals surface area contributed by atoms with Crippen LogP contribution >= 0.6 is 0 Å². The summed E-state index contributed by atoms with van der Waals surface area (Å²) in [5, 5.41) is 19.1. The summed E-state index contributed by atoms with van der Waals surface area (Å²) in [6.07, 6.45) is 4.23. The van der Waals surface area contributed by atoms with Crippen molar-refractivity contribution in [3.63, 3.8) is 0 Å². The molecule has 0 unspecified atom stereocenters. The molecule has 4 rings (SSSR count). The Hall–Kier alpha value is -0.950. The first-order valence-electron chi connectivity index (χ1n) is 8.85. The van der Waals surface area contributed by atoms with E-state index in [2.05, 4.69) is 10.4 Å². The fraction of sp³-hybridized carbons (Fsp3) is 0.824. The first kappa shape index (κ1) is 15.6. The number of nitrogens with one attached hydrogen (secondary N) is 1. The lowest BCUT2D eigenvalue weighted by Gasteiger charge is -2.39. The molecular weight excluding hydrogens is 294 g/mol. The predicted octanol–water partition coefficient (Wildman–Crippen LogP) is 1.31. The Labute approximate surface area is 137 Å². The van der Waals surface area contributed by atoms with E-state index in [0.717, 1.165) is 23.9 Å². The Morgan fingerprint density at radius 3 is 2.83 bits per heavy atom. The summed E-state index contributed by atoms with van der Waals surface area (Å²) >= 11 is 0. The third-order valence-corrected chi connectivity index (χ3v) is 5.57. The van der Waals surface area contributed by atoms with Crippen molar-refractivity contribution in [3.8, 4) is 0 Å². The molecule has 2 bridgehead atoms. The monoisotopic (exact) mass is 321 g/mol. The number of aryl methyl sites for hydroxylation is 2. The number of aliphatic hydroxyl groups excluding tert-OH is 1. The quantitative estimate of drug-likeness (QED) is 0.875. The second-order valence-corrected chi connectivity index (χ2v) is 7.31. The van der Waals surface area contributed by atoms with Crippen LogP contribution in [0.5, 0.6) is 0 Å². The molecule has 0 radical (unpaired) electrons. The standard InChI is InChI=1S/C17H27N3O3/c1-10-7-11(2)20(19-10)15-16(21)14(13-9-22-17(15)23-13)18-8-12-5-3-4-6-12/h7,12-18,21H,3-6,8-9H2,1-2H3/t13-,14-,15-,16+,17-/m1/s1. The Bertz CT molecular complexity index is 555. The van der Waals surface area contributed by atoms with E-state index in [1.165, 1.54) is 25.7 Å². The summed E-state index contributed by atoms with van der Waals surface area (Å²) in [4.78, 5) is 0. The van der Waals surface area contributed by atoms with Crippen molar-refractivity contribution in [1.29, 1.82) is 0 Å². The summed E-state index contributed by atoms with van der Waals surface area (Å²) in [6, 6.07) is 1.64. The summed E-state index contributed by atoms with van der Waals surface area (Å²) < 4.78 is 13.7. The van der Waals surface area contributed by atoms with Crippen LogP contribution in [0.15, 0.2) is 6.07 Å². The molecule has 1 saturated carbocycles. The van der Waals surface area contributed by atoms with Gasteiger partial charge in [0.15, 0.2) is 6.29 Å². The van der Waals surface area contributed by atoms with Crippen molar-refractivity contribution < 1.29 is 14.6 Å². The lowest BCUT2D eigenvalue weighted by atomic mass is 9.95. The molecule has 2 saturated heterocycles. The van der Waals surface area contributed by atoms with Gasteiger partial charge in [-0.25, -0.2) is 0 Å². The van der Waals surface area contributed by atoms with E-state index < -0.39 is 12.4 Å². The first-order chi connectivity index (χ1) is 11.1. The van der Waals surface area contributed by atoms with Gasteiger partial charge in [0, 0.05) is 5.69 Å². The molecule has 5 atom stereocenters. The van der Waals surface area contributed by atoms with Gasteiger partial charge >= 0.3 is 0 Å². The fourth-order valence-electron chi connectivity index (χ4n) is 4.38. The second kappa shape index (κ2) is 6.16. The fourth-order valence-corrected chi connectivity index (χ4v) is 4.38. The van der Waals surface area contributed by atoms with Gasteiger partial charge in [0.1, 0.15) is 12.1 Å². The first-order valence-corrected chi connectivity index (χ1v) is 8.85. The predicted molar refractivity (Wildman–Crippen MR) is 85.1 cm³/mol. The highest BCUT2D eigenvalue weighted by atomic mass is 16.7. The summed E-state index contributed by atoms with van der Waals surface area (Å²) in [5.41, 5.74) is 1.98. The minimum Gasteiger partial charge on any atom is -0.389 e. The van der Waals surface area contributed by atoms with Crippen LogP contribution in [-0.4, -0.2) is 52.6 Å². The van der Waals surface area contributed by atoms with Gasteiger partial charge in [-0.15, -0.1) is 0 Å². The van der Waals surface area contributed by atoms with Crippen molar-refractivity contribution >= 4 is 0 Å². The Balaban J connectivity index is 1.52. The SMILES string of the molecule is Cc1cc(C)n([C@H]2[C@@H]3OC[C@@H](O3)[C@@H](NCC3CCCC3)[C@@H]2O)n1. The van der Waals surface area contributed by atoms with Crippen LogP contribution in [0.2, 0.25) is 0 Å². The van der Waals surface area contributed by atoms with E-state index in [-0.39, 0.29) is 18.2 Å². The van der Waals surface area contributed by atoms with E-state index in [9.17, 15) is 5.11 Å². The van der Waals surface area contributed by atoms with Gasteiger partial charge in [0.05, 0.1) is 24.4 Å². The number of aromatic nitrogens is 2. The number of ether oxygens (including phenoxy) is 2. The number of fused-ring (bicyclic) bond motifs is 2. The third-order valence-electron chi connectivity index (χ3n) is 5.57. The lowest BCUT2D eigenvalue weighted by Crippen LogP contribution is -2.58. The van der Waals surface area contributed by atoms with Gasteiger partial charge in [-0.3, -0.25) is 4.68 Å². The minimum atomic E-state index is -0.555. The molecule has 3 aliphatic rings. The van der Waals surface area contributed by atoms with Crippen molar-refractivity contribution in [2.24, 2.45) is 5.92 Å². The smallest absolute Gasteiger partial charge is 0.183 e. The highest BCUT2D eigenvalue weighted by Crippen LogP contribution is 2.36. The van der Waals surface area contributed by atoms with E-state index in [1.807, 2.05) is 24.6 Å². The van der Waals surface area contributed by atoms with Crippen LogP contribution in [-0.2, 0) is 9.47 Å². The third kappa shape index (κ3) is 2.82. The molecule has 6 nitrogen and oxygen atoms in total. The Morgan fingerprint density at radius 1 is 1.35 bits per heavy atom. The van der Waals surface area contributed by atoms with E-state index in [0.29, 0.717) is 6.61 Å². The van der Waals surface area contributed by atoms with Crippen LogP contribution in [0.25, 0.3) is 0 Å². The zero-order valence-electron chi connectivity index (χ0n) is 13.9. The van der Waals surface area contributed by atoms with Crippen LogP contribution in [0.4, 0.5) is 0 Å². The van der Waals surface area contributed by atoms with Gasteiger partial charge in [-0.1, -0.05) is 12.8 Å². The van der Waals surface area contributed by atoms with Crippen LogP contribution < -0.4 is 5.32 Å². The van der Waals surface area contributed by atoms with Crippen molar-refractivity contribution in [2.75, 3.05) is 13.2 Å². The molecule has 1 aromatic heterocycles. The zero-order valence-corrected chi connectivity index (χ0v) is 13.9. The molecule has 1 aromatic rings. The van der Waals surface area contributed by atoms with Crippen molar-refractivity contribution in [3.05, 3.63) is 17.5 Å². The molecule has 0 spiro atoms. The average molecular weight is 321 g/mol. The summed E-state index contributed by atoms with van der Waals surface area (Å²) in [7, 11) is 0. The maximum Gasteiger partial charge on any atom is 0.183 e. The number of nitrogens with zero attached hydrogens (tertiary/aromatic N) is 2. The molecule has 23 heavy (non-hydrogen) atoms. The van der Waals surface area contributed by atoms with Crippen LogP contribution in [0.1, 0.15) is 43.1 Å². The maximum absolute atomic E-state index is 11.0. The van der Waals surface area contributed by atoms with Crippen LogP contribution in [0.3, 0.4) is 0 Å². The van der Waals surface area contributed by atoms with E-state index in [1.54, 1.807) is 0 Å². The highest BCUT2D eigenvalue weighted by molar-refractivity contribution is 5.11. The number of hydrogen-bond acceptors (Lipinski definition) is 5. The zero-order chi connectivity index (χ0) is 16.0. The molecule has 1 aliphatic carbocycles. The number of hydrogen-bond donors (Lipinski definition) is 2. The van der Waals surface area contributed by atoms with E-state index in [4.69, 9.17) is 9.47 Å². The summed E-state index contributed by atoms with van der Waals surface area (Å²) in [5.74, 6) is 0.731. The largest absolute Gasteiger partial charge is 0.389 e. The molecule has 3 fully saturated rings. The molecule has 3 heterocycles. The lowest BCUT2D eigenvalue weighted by molar-refractivity contribution is -0.168. The van der Waals surface area contributed by atoms with Gasteiger partial charge < -0.3 is 19.9 Å². The van der Waals surface area contributed by atoms with Gasteiger partial charge in [-0.2, -0.15) is 5.10 Å². The molecule has 0 amide bonds. The molecule has 0 aromatic carbocycles. The molecule has 128 valence electrons. The number of rotatable bonds is 4. The molecule has 2 N–H and O–H groups in total. The molecule has 2 aliphatic heterocycles. The molecular formula is C17H27N3O3. The topological polar surface area (TPSA) is 68.5 Å². The highest BCUT2D eigenvalue weighted by Gasteiger charge is 2.51. The van der Waals surface area contributed by atoms with Crippen molar-refractivity contribution in [2.45, 2.75) is 70.1 Å². The Morgan fingerprint density at radius 2 is 2.13 bits per heavy atom. The molecule has 6 heteroatoms. The van der Waals surface area contributed by atoms with Crippen molar-refractivity contribution in [1.82, 2.24) is 15.1 Å². The summed E-state index contributed by atoms with van der Waals surface area (Å²) in [6.45, 7) is 5.47.